The van der Waals surface area contributed by atoms with Gasteiger partial charge in [0.15, 0.2) is 5.03 Å². The number of hydrogen-bond donors (Lipinski definition) is 4. The van der Waals surface area contributed by atoms with E-state index in [0.717, 1.165) is 7.11 Å². The van der Waals surface area contributed by atoms with Crippen LogP contribution in [0.15, 0.2) is 17.7 Å². The number of imidazole rings is 1. The van der Waals surface area contributed by atoms with Crippen LogP contribution in [0.4, 0.5) is 0 Å². The topological polar surface area (TPSA) is 222 Å². The van der Waals surface area contributed by atoms with Crippen molar-refractivity contribution in [3.8, 4) is 0 Å². The Kier molecular flexibility index (Phi) is 8.95. The molecule has 198 valence electrons. The first-order valence-electron chi connectivity index (χ1n) is 9.47. The van der Waals surface area contributed by atoms with E-state index in [9.17, 15) is 33.7 Å². The minimum Gasteiger partial charge on any atom is -0.387 e. The van der Waals surface area contributed by atoms with Crippen LogP contribution in [0.25, 0.3) is 11.2 Å². The molecule has 2 aromatic heterocycles. The highest BCUT2D eigenvalue weighted by atomic mass is 32.2. The number of rotatable bonds is 11. The molecule has 17 nitrogen and oxygen atoms in total. The molecule has 0 saturated carbocycles. The monoisotopic (exact) mass is 581 g/mol. The van der Waals surface area contributed by atoms with Gasteiger partial charge in [0.25, 0.3) is 5.65 Å². The maximum absolute atomic E-state index is 12.3. The summed E-state index contributed by atoms with van der Waals surface area (Å²) in [6.45, 7) is -0.830. The number of aliphatic hydroxyl groups is 2. The van der Waals surface area contributed by atoms with Gasteiger partial charge in [-0.3, -0.25) is 13.6 Å². The molecule has 3 heterocycles. The summed E-state index contributed by atoms with van der Waals surface area (Å²) in [6, 6.07) is 0. The number of aryl methyl sites for hydroxylation is 1. The SMILES string of the molecule is COP(=O)(O)OP(=O)(OC)OP(=O)(O)OCC1OC(n2c[n+](C)c3c(SC)ncnc32)C(O)C1O. The van der Waals surface area contributed by atoms with Crippen molar-refractivity contribution in [1.82, 2.24) is 14.5 Å². The fourth-order valence-electron chi connectivity index (χ4n) is 3.14. The van der Waals surface area contributed by atoms with Crippen LogP contribution in [-0.2, 0) is 47.7 Å². The van der Waals surface area contributed by atoms with Gasteiger partial charge in [0.1, 0.15) is 24.6 Å². The minimum atomic E-state index is -5.27. The van der Waals surface area contributed by atoms with E-state index in [1.807, 2.05) is 6.26 Å². The molecular formula is C14H24N4O13P3S+. The molecule has 0 amide bonds. The number of ether oxygens (including phenoxy) is 1. The van der Waals surface area contributed by atoms with Gasteiger partial charge in [0.05, 0.1) is 13.7 Å². The molecule has 1 saturated heterocycles. The van der Waals surface area contributed by atoms with Crippen molar-refractivity contribution in [2.75, 3.05) is 27.1 Å². The number of phosphoric ester groups is 2. The van der Waals surface area contributed by atoms with E-state index in [0.29, 0.717) is 23.3 Å². The van der Waals surface area contributed by atoms with E-state index < -0.39 is 54.6 Å². The number of thioether (sulfide) groups is 1. The van der Waals surface area contributed by atoms with Crippen molar-refractivity contribution >= 4 is 46.4 Å². The van der Waals surface area contributed by atoms with Gasteiger partial charge in [-0.2, -0.15) is 18.2 Å². The lowest BCUT2D eigenvalue weighted by Gasteiger charge is -2.21. The molecule has 0 aromatic carbocycles. The maximum Gasteiger partial charge on any atom is 0.492 e. The summed E-state index contributed by atoms with van der Waals surface area (Å²) >= 11 is 1.38. The molecule has 0 spiro atoms. The van der Waals surface area contributed by atoms with Gasteiger partial charge in [0.2, 0.25) is 18.1 Å². The third-order valence-corrected chi connectivity index (χ3v) is 10.1. The molecule has 2 aromatic rings. The molecule has 3 rings (SSSR count). The smallest absolute Gasteiger partial charge is 0.387 e. The molecule has 7 unspecified atom stereocenters. The van der Waals surface area contributed by atoms with Crippen molar-refractivity contribution < 1.29 is 65.2 Å². The molecular weight excluding hydrogens is 557 g/mol. The van der Waals surface area contributed by atoms with Crippen LogP contribution in [0.3, 0.4) is 0 Å². The summed E-state index contributed by atoms with van der Waals surface area (Å²) in [5.41, 5.74) is 1.04. The lowest BCUT2D eigenvalue weighted by molar-refractivity contribution is -0.647. The summed E-state index contributed by atoms with van der Waals surface area (Å²) in [4.78, 5) is 27.6. The highest BCUT2D eigenvalue weighted by Gasteiger charge is 2.49. The fourth-order valence-corrected chi connectivity index (χ4v) is 7.46. The number of aliphatic hydroxyl groups excluding tert-OH is 2. The predicted octanol–water partition coefficient (Wildman–Crippen LogP) is 0.248. The first-order valence-corrected chi connectivity index (χ1v) is 15.1. The zero-order valence-corrected chi connectivity index (χ0v) is 22.2. The lowest BCUT2D eigenvalue weighted by atomic mass is 10.1. The van der Waals surface area contributed by atoms with Gasteiger partial charge in [-0.25, -0.2) is 23.2 Å². The molecule has 1 fully saturated rings. The summed E-state index contributed by atoms with van der Waals surface area (Å²) in [6.07, 6.45) is -0.877. The van der Waals surface area contributed by atoms with Gasteiger partial charge in [-0.15, -0.1) is 11.8 Å². The fraction of sp³-hybridized carbons (Fsp3) is 0.643. The number of nitrogens with zero attached hydrogens (tertiary/aromatic N) is 4. The Morgan fingerprint density at radius 1 is 1.11 bits per heavy atom. The molecule has 21 heteroatoms. The van der Waals surface area contributed by atoms with Crippen LogP contribution < -0.4 is 4.57 Å². The van der Waals surface area contributed by atoms with E-state index in [-0.39, 0.29) is 0 Å². The zero-order valence-electron chi connectivity index (χ0n) is 18.7. The minimum absolute atomic E-state index is 0.394. The van der Waals surface area contributed by atoms with E-state index in [4.69, 9.17) is 9.26 Å². The van der Waals surface area contributed by atoms with Crippen molar-refractivity contribution in [2.45, 2.75) is 29.6 Å². The van der Waals surface area contributed by atoms with Crippen LogP contribution in [-0.4, -0.2) is 79.9 Å². The summed E-state index contributed by atoms with van der Waals surface area (Å²) in [5.74, 6) is 0. The van der Waals surface area contributed by atoms with Gasteiger partial charge < -0.3 is 24.7 Å². The van der Waals surface area contributed by atoms with Crippen LogP contribution in [0.2, 0.25) is 0 Å². The second kappa shape index (κ2) is 10.9. The average Bonchev–Trinajstić information content (AvgIpc) is 3.28. The molecule has 4 N–H and O–H groups in total. The van der Waals surface area contributed by atoms with E-state index in [1.165, 1.54) is 22.7 Å². The van der Waals surface area contributed by atoms with Crippen LogP contribution in [0, 0.1) is 0 Å². The Morgan fingerprint density at radius 3 is 2.37 bits per heavy atom. The number of hydrogen-bond acceptors (Lipinski definition) is 14. The predicted molar refractivity (Wildman–Crippen MR) is 116 cm³/mol. The van der Waals surface area contributed by atoms with Crippen molar-refractivity contribution in [3.63, 3.8) is 0 Å². The first kappa shape index (κ1) is 28.8. The van der Waals surface area contributed by atoms with Gasteiger partial charge in [-0.1, -0.05) is 0 Å². The van der Waals surface area contributed by atoms with Crippen LogP contribution in [0.5, 0.6) is 0 Å². The highest BCUT2D eigenvalue weighted by molar-refractivity contribution is 7.98. The second-order valence-corrected chi connectivity index (χ2v) is 12.8. The third kappa shape index (κ3) is 6.37. The molecule has 0 radical (unpaired) electrons. The Balaban J connectivity index is 1.74. The Hall–Kier alpha value is -0.810. The van der Waals surface area contributed by atoms with Crippen LogP contribution >= 0.6 is 35.2 Å². The largest absolute Gasteiger partial charge is 0.492 e. The normalized spacial score (nSPS) is 28.0. The summed E-state index contributed by atoms with van der Waals surface area (Å²) in [5, 5.41) is 21.6. The molecule has 0 bridgehead atoms. The van der Waals surface area contributed by atoms with Gasteiger partial charge >= 0.3 is 23.5 Å². The standard InChI is InChI=1S/C14H23N4O13P3S/c1-17-7-18(12-9(17)13(35-4)16-6-15-12)14-11(20)10(19)8(29-14)5-28-33(23,24)31-34(25,27-3)30-32(21,22)26-2/h6-8,10-11,14,19-20H,5H2,1-4H3,(H-,21,22,23,24)/p+1. The summed E-state index contributed by atoms with van der Waals surface area (Å²) < 4.78 is 66.3. The quantitative estimate of drug-likeness (QED) is 0.121. The number of fused-ring (bicyclic) bond motifs is 1. The second-order valence-electron chi connectivity index (χ2n) is 6.94. The zero-order chi connectivity index (χ0) is 26.2. The van der Waals surface area contributed by atoms with Crippen molar-refractivity contribution in [2.24, 2.45) is 7.05 Å². The lowest BCUT2D eigenvalue weighted by Crippen LogP contribution is -2.34. The van der Waals surface area contributed by atoms with Crippen LogP contribution in [0.1, 0.15) is 6.23 Å². The van der Waals surface area contributed by atoms with Gasteiger partial charge in [0, 0.05) is 14.2 Å². The highest BCUT2D eigenvalue weighted by Crippen LogP contribution is 2.69. The number of aromatic nitrogens is 4. The van der Waals surface area contributed by atoms with Crippen molar-refractivity contribution in [1.29, 1.82) is 0 Å². The molecule has 0 aliphatic carbocycles. The van der Waals surface area contributed by atoms with E-state index >= 15 is 0 Å². The third-order valence-electron chi connectivity index (χ3n) is 4.73. The van der Waals surface area contributed by atoms with Gasteiger partial charge in [-0.05, 0) is 6.26 Å². The molecule has 35 heavy (non-hydrogen) atoms. The summed E-state index contributed by atoms with van der Waals surface area (Å²) in [7, 11) is -12.1. The Labute approximate surface area is 202 Å². The maximum atomic E-state index is 12.3. The Bertz CT molecular complexity index is 1210. The average molecular weight is 581 g/mol. The van der Waals surface area contributed by atoms with E-state index in [1.54, 1.807) is 17.9 Å². The molecule has 7 atom stereocenters. The number of phosphoric acid groups is 3. The van der Waals surface area contributed by atoms with E-state index in [2.05, 4.69) is 27.6 Å². The molecule has 1 aliphatic heterocycles. The molecule has 1 aliphatic rings. The van der Waals surface area contributed by atoms with Crippen molar-refractivity contribution in [3.05, 3.63) is 12.7 Å². The Morgan fingerprint density at radius 2 is 1.77 bits per heavy atom. The first-order chi connectivity index (χ1) is 16.3.